The lowest BCUT2D eigenvalue weighted by atomic mass is 10.2. The zero-order valence-electron chi connectivity index (χ0n) is 12.2. The summed E-state index contributed by atoms with van der Waals surface area (Å²) in [5, 5.41) is 4.50. The molecule has 0 saturated carbocycles. The molecule has 0 aliphatic heterocycles. The first-order chi connectivity index (χ1) is 10.3. The van der Waals surface area contributed by atoms with Gasteiger partial charge in [-0.05, 0) is 37.3 Å². The molecule has 1 N–H and O–H groups in total. The van der Waals surface area contributed by atoms with Gasteiger partial charge in [0.25, 0.3) is 0 Å². The molecule has 4 nitrogen and oxygen atoms in total. The van der Waals surface area contributed by atoms with E-state index in [0.717, 1.165) is 28.2 Å². The van der Waals surface area contributed by atoms with Crippen LogP contribution in [0.25, 0.3) is 10.9 Å². The largest absolute Gasteiger partial charge is 0.464 e. The van der Waals surface area contributed by atoms with Crippen LogP contribution in [0.2, 0.25) is 0 Å². The van der Waals surface area contributed by atoms with Crippen molar-refractivity contribution >= 4 is 16.7 Å². The molecule has 21 heavy (non-hydrogen) atoms. The summed E-state index contributed by atoms with van der Waals surface area (Å²) in [6, 6.07) is 15.9. The minimum atomic E-state index is -0.0580. The van der Waals surface area contributed by atoms with Gasteiger partial charge in [-0.3, -0.25) is 0 Å². The van der Waals surface area contributed by atoms with Crippen molar-refractivity contribution in [1.29, 1.82) is 0 Å². The molecule has 3 aromatic rings. The number of benzene rings is 1. The number of fused-ring (bicyclic) bond motifs is 1. The van der Waals surface area contributed by atoms with Gasteiger partial charge in [-0.15, -0.1) is 0 Å². The third kappa shape index (κ3) is 3.06. The maximum Gasteiger partial charge on any atom is 0.128 e. The van der Waals surface area contributed by atoms with Crippen LogP contribution in [0.5, 0.6) is 0 Å². The van der Waals surface area contributed by atoms with Gasteiger partial charge in [0.1, 0.15) is 23.4 Å². The fourth-order valence-corrected chi connectivity index (χ4v) is 2.33. The molecule has 0 aliphatic carbocycles. The Kier molecular flexibility index (Phi) is 3.88. The number of methoxy groups -OCH3 is 1. The molecule has 4 heteroatoms. The highest BCUT2D eigenvalue weighted by Crippen LogP contribution is 2.22. The van der Waals surface area contributed by atoms with Crippen LogP contribution in [-0.4, -0.2) is 18.7 Å². The highest BCUT2D eigenvalue weighted by atomic mass is 16.5. The fourth-order valence-electron chi connectivity index (χ4n) is 2.33. The van der Waals surface area contributed by atoms with Crippen molar-refractivity contribution < 1.29 is 9.15 Å². The SMILES string of the molecule is COCC(Nc1ccc2ccccc2n1)c1ccc(C)o1. The summed E-state index contributed by atoms with van der Waals surface area (Å²) in [6.45, 7) is 2.45. The van der Waals surface area contributed by atoms with Gasteiger partial charge in [-0.2, -0.15) is 0 Å². The Balaban J connectivity index is 1.86. The van der Waals surface area contributed by atoms with E-state index < -0.39 is 0 Å². The van der Waals surface area contributed by atoms with Crippen molar-refractivity contribution in [1.82, 2.24) is 4.98 Å². The Labute approximate surface area is 123 Å². The molecule has 1 unspecified atom stereocenters. The van der Waals surface area contributed by atoms with Crippen molar-refractivity contribution in [3.63, 3.8) is 0 Å². The molecule has 1 aromatic carbocycles. The number of nitrogens with zero attached hydrogens (tertiary/aromatic N) is 1. The number of hydrogen-bond donors (Lipinski definition) is 1. The molecule has 0 aliphatic rings. The van der Waals surface area contributed by atoms with E-state index in [-0.39, 0.29) is 6.04 Å². The number of aromatic nitrogens is 1. The minimum Gasteiger partial charge on any atom is -0.464 e. The van der Waals surface area contributed by atoms with Crippen LogP contribution in [0.15, 0.2) is 52.9 Å². The zero-order chi connectivity index (χ0) is 14.7. The second kappa shape index (κ2) is 5.97. The Morgan fingerprint density at radius 2 is 2.00 bits per heavy atom. The summed E-state index contributed by atoms with van der Waals surface area (Å²) >= 11 is 0. The molecule has 2 heterocycles. The van der Waals surface area contributed by atoms with Crippen molar-refractivity contribution in [2.24, 2.45) is 0 Å². The molecule has 0 spiro atoms. The first kappa shape index (κ1) is 13.6. The number of furan rings is 1. The molecule has 0 radical (unpaired) electrons. The molecule has 0 bridgehead atoms. The Bertz CT molecular complexity index is 736. The van der Waals surface area contributed by atoms with Gasteiger partial charge in [0, 0.05) is 12.5 Å². The quantitative estimate of drug-likeness (QED) is 0.770. The lowest BCUT2D eigenvalue weighted by Gasteiger charge is -2.16. The average molecular weight is 282 g/mol. The Morgan fingerprint density at radius 3 is 2.76 bits per heavy atom. The number of para-hydroxylation sites is 1. The number of nitrogens with one attached hydrogen (secondary N) is 1. The Hall–Kier alpha value is -2.33. The maximum absolute atomic E-state index is 5.69. The standard InChI is InChI=1S/C17H18N2O2/c1-12-7-9-16(21-12)15(11-20-2)19-17-10-8-13-5-3-4-6-14(13)18-17/h3-10,15H,11H2,1-2H3,(H,18,19). The summed E-state index contributed by atoms with van der Waals surface area (Å²) in [4.78, 5) is 4.62. The van der Waals surface area contributed by atoms with Gasteiger partial charge in [0.2, 0.25) is 0 Å². The second-order valence-electron chi connectivity index (χ2n) is 4.99. The maximum atomic E-state index is 5.69. The number of hydrogen-bond acceptors (Lipinski definition) is 4. The summed E-state index contributed by atoms with van der Waals surface area (Å²) in [5.74, 6) is 2.55. The van der Waals surface area contributed by atoms with E-state index in [2.05, 4.69) is 22.4 Å². The van der Waals surface area contributed by atoms with Gasteiger partial charge in [0.05, 0.1) is 12.1 Å². The number of pyridine rings is 1. The summed E-state index contributed by atoms with van der Waals surface area (Å²) in [6.07, 6.45) is 0. The summed E-state index contributed by atoms with van der Waals surface area (Å²) in [7, 11) is 1.68. The van der Waals surface area contributed by atoms with Crippen molar-refractivity contribution in [3.8, 4) is 0 Å². The van der Waals surface area contributed by atoms with E-state index in [1.165, 1.54) is 0 Å². The van der Waals surface area contributed by atoms with E-state index in [4.69, 9.17) is 9.15 Å². The number of rotatable bonds is 5. The van der Waals surface area contributed by atoms with Crippen LogP contribution >= 0.6 is 0 Å². The highest BCUT2D eigenvalue weighted by Gasteiger charge is 2.15. The van der Waals surface area contributed by atoms with E-state index in [9.17, 15) is 0 Å². The second-order valence-corrected chi connectivity index (χ2v) is 4.99. The third-order valence-corrected chi connectivity index (χ3v) is 3.36. The predicted molar refractivity (Wildman–Crippen MR) is 83.4 cm³/mol. The van der Waals surface area contributed by atoms with E-state index in [0.29, 0.717) is 6.61 Å². The molecule has 0 amide bonds. The topological polar surface area (TPSA) is 47.3 Å². The zero-order valence-corrected chi connectivity index (χ0v) is 12.2. The molecule has 2 aromatic heterocycles. The number of aryl methyl sites for hydroxylation is 1. The van der Waals surface area contributed by atoms with Gasteiger partial charge in [-0.25, -0.2) is 4.98 Å². The van der Waals surface area contributed by atoms with Crippen LogP contribution < -0.4 is 5.32 Å². The minimum absolute atomic E-state index is 0.0580. The van der Waals surface area contributed by atoms with E-state index in [1.807, 2.05) is 43.3 Å². The molecule has 0 fully saturated rings. The molecule has 108 valence electrons. The predicted octanol–water partition coefficient (Wildman–Crippen LogP) is 3.94. The number of anilines is 1. The highest BCUT2D eigenvalue weighted by molar-refractivity contribution is 5.80. The van der Waals surface area contributed by atoms with Crippen LogP contribution in [0.1, 0.15) is 17.6 Å². The third-order valence-electron chi connectivity index (χ3n) is 3.36. The van der Waals surface area contributed by atoms with Crippen LogP contribution in [0.4, 0.5) is 5.82 Å². The molecule has 0 saturated heterocycles. The number of ether oxygens (including phenoxy) is 1. The average Bonchev–Trinajstić information content (AvgIpc) is 2.93. The Morgan fingerprint density at radius 1 is 1.14 bits per heavy atom. The smallest absolute Gasteiger partial charge is 0.128 e. The summed E-state index contributed by atoms with van der Waals surface area (Å²) in [5.41, 5.74) is 0.967. The van der Waals surface area contributed by atoms with Crippen LogP contribution in [0, 0.1) is 6.92 Å². The van der Waals surface area contributed by atoms with E-state index >= 15 is 0 Å². The van der Waals surface area contributed by atoms with Gasteiger partial charge in [0.15, 0.2) is 0 Å². The normalized spacial score (nSPS) is 12.5. The first-order valence-corrected chi connectivity index (χ1v) is 6.94. The molecule has 1 atom stereocenters. The molecule has 3 rings (SSSR count). The lowest BCUT2D eigenvalue weighted by Crippen LogP contribution is -2.16. The van der Waals surface area contributed by atoms with Gasteiger partial charge >= 0.3 is 0 Å². The van der Waals surface area contributed by atoms with Crippen molar-refractivity contribution in [3.05, 3.63) is 60.1 Å². The first-order valence-electron chi connectivity index (χ1n) is 6.94. The van der Waals surface area contributed by atoms with Gasteiger partial charge in [-0.1, -0.05) is 18.2 Å². The molecular formula is C17H18N2O2. The van der Waals surface area contributed by atoms with Crippen molar-refractivity contribution in [2.75, 3.05) is 19.0 Å². The monoisotopic (exact) mass is 282 g/mol. The van der Waals surface area contributed by atoms with E-state index in [1.54, 1.807) is 7.11 Å². The van der Waals surface area contributed by atoms with Crippen molar-refractivity contribution in [2.45, 2.75) is 13.0 Å². The summed E-state index contributed by atoms with van der Waals surface area (Å²) < 4.78 is 11.0. The van der Waals surface area contributed by atoms with Crippen LogP contribution in [-0.2, 0) is 4.74 Å². The molecular weight excluding hydrogens is 264 g/mol. The fraction of sp³-hybridized carbons (Fsp3) is 0.235. The van der Waals surface area contributed by atoms with Crippen LogP contribution in [0.3, 0.4) is 0 Å². The van der Waals surface area contributed by atoms with Gasteiger partial charge < -0.3 is 14.5 Å². The lowest BCUT2D eigenvalue weighted by molar-refractivity contribution is 0.178.